The highest BCUT2D eigenvalue weighted by molar-refractivity contribution is 14.0. The van der Waals surface area contributed by atoms with Crippen LogP contribution in [-0.4, -0.2) is 35.1 Å². The third kappa shape index (κ3) is 4.72. The molecule has 0 spiro atoms. The smallest absolute Gasteiger partial charge is 0.191 e. The Morgan fingerprint density at radius 1 is 1.36 bits per heavy atom. The molecular formula is C16H24IN5. The van der Waals surface area contributed by atoms with Crippen molar-refractivity contribution in [1.82, 2.24) is 20.2 Å². The van der Waals surface area contributed by atoms with Crippen molar-refractivity contribution in [1.29, 1.82) is 0 Å². The molecule has 0 saturated carbocycles. The number of halogens is 1. The van der Waals surface area contributed by atoms with E-state index in [1.807, 2.05) is 31.2 Å². The highest BCUT2D eigenvalue weighted by atomic mass is 127. The second-order valence-corrected chi connectivity index (χ2v) is 4.73. The number of rotatable bonds is 6. The Labute approximate surface area is 148 Å². The van der Waals surface area contributed by atoms with Crippen LogP contribution >= 0.6 is 24.0 Å². The molecule has 0 atom stereocenters. The van der Waals surface area contributed by atoms with Gasteiger partial charge in [-0.2, -0.15) is 0 Å². The summed E-state index contributed by atoms with van der Waals surface area (Å²) in [5.41, 5.74) is 2.20. The van der Waals surface area contributed by atoms with Crippen LogP contribution in [0.15, 0.2) is 41.9 Å². The monoisotopic (exact) mass is 413 g/mol. The Kier molecular flexibility index (Phi) is 7.94. The van der Waals surface area contributed by atoms with Gasteiger partial charge in [0.15, 0.2) is 5.96 Å². The van der Waals surface area contributed by atoms with E-state index in [0.29, 0.717) is 13.1 Å². The number of nitrogens with zero attached hydrogens (tertiary/aromatic N) is 3. The SMILES string of the molecule is C=CCNC(=NCCn1c(C)nc2ccccc21)NCC.I. The van der Waals surface area contributed by atoms with E-state index in [9.17, 15) is 0 Å². The van der Waals surface area contributed by atoms with Crippen LogP contribution in [0, 0.1) is 6.92 Å². The first-order chi connectivity index (χ1) is 10.3. The highest BCUT2D eigenvalue weighted by Crippen LogP contribution is 2.14. The molecule has 5 nitrogen and oxygen atoms in total. The number of hydrogen-bond acceptors (Lipinski definition) is 2. The lowest BCUT2D eigenvalue weighted by Gasteiger charge is -2.10. The minimum Gasteiger partial charge on any atom is -0.357 e. The molecule has 2 rings (SSSR count). The minimum absolute atomic E-state index is 0. The zero-order valence-electron chi connectivity index (χ0n) is 13.2. The fourth-order valence-electron chi connectivity index (χ4n) is 2.25. The summed E-state index contributed by atoms with van der Waals surface area (Å²) < 4.78 is 2.20. The summed E-state index contributed by atoms with van der Waals surface area (Å²) in [4.78, 5) is 9.14. The minimum atomic E-state index is 0. The first-order valence-corrected chi connectivity index (χ1v) is 7.31. The van der Waals surface area contributed by atoms with Gasteiger partial charge in [-0.3, -0.25) is 4.99 Å². The molecule has 0 saturated heterocycles. The number of para-hydroxylation sites is 2. The van der Waals surface area contributed by atoms with Gasteiger partial charge in [-0.15, -0.1) is 30.6 Å². The predicted octanol–water partition coefficient (Wildman–Crippen LogP) is 2.70. The molecule has 0 aliphatic carbocycles. The van der Waals surface area contributed by atoms with E-state index in [4.69, 9.17) is 0 Å². The average molecular weight is 413 g/mol. The summed E-state index contributed by atoms with van der Waals surface area (Å²) in [5, 5.41) is 6.41. The van der Waals surface area contributed by atoms with Crippen LogP contribution in [0.2, 0.25) is 0 Å². The lowest BCUT2D eigenvalue weighted by atomic mass is 10.3. The summed E-state index contributed by atoms with van der Waals surface area (Å²) in [5.74, 6) is 1.84. The number of aryl methyl sites for hydroxylation is 1. The second kappa shape index (κ2) is 9.45. The lowest BCUT2D eigenvalue weighted by molar-refractivity contribution is 0.697. The van der Waals surface area contributed by atoms with Gasteiger partial charge in [-0.25, -0.2) is 4.98 Å². The standard InChI is InChI=1S/C16H23N5.HI/c1-4-10-18-16(17-5-2)19-11-12-21-13(3)20-14-8-6-7-9-15(14)21;/h4,6-9H,1,5,10-12H2,2-3H3,(H2,17,18,19);1H. The summed E-state index contributed by atoms with van der Waals surface area (Å²) in [6.45, 7) is 10.9. The molecule has 22 heavy (non-hydrogen) atoms. The van der Waals surface area contributed by atoms with Crippen LogP contribution in [0.5, 0.6) is 0 Å². The molecule has 6 heteroatoms. The van der Waals surface area contributed by atoms with Crippen molar-refractivity contribution in [3.8, 4) is 0 Å². The van der Waals surface area contributed by atoms with E-state index in [1.165, 1.54) is 0 Å². The molecular weight excluding hydrogens is 389 g/mol. The second-order valence-electron chi connectivity index (χ2n) is 4.73. The van der Waals surface area contributed by atoms with Crippen molar-refractivity contribution in [3.05, 3.63) is 42.7 Å². The molecule has 2 aromatic rings. The van der Waals surface area contributed by atoms with Crippen LogP contribution in [-0.2, 0) is 6.54 Å². The lowest BCUT2D eigenvalue weighted by Crippen LogP contribution is -2.37. The van der Waals surface area contributed by atoms with Crippen molar-refractivity contribution in [2.45, 2.75) is 20.4 Å². The van der Waals surface area contributed by atoms with Gasteiger partial charge < -0.3 is 15.2 Å². The maximum Gasteiger partial charge on any atom is 0.191 e. The molecule has 1 aromatic heterocycles. The van der Waals surface area contributed by atoms with Gasteiger partial charge in [0.2, 0.25) is 0 Å². The van der Waals surface area contributed by atoms with Crippen LogP contribution in [0.1, 0.15) is 12.7 Å². The number of aliphatic imine (C=N–C) groups is 1. The first-order valence-electron chi connectivity index (χ1n) is 7.31. The molecule has 0 aliphatic heterocycles. The Balaban J connectivity index is 0.00000242. The van der Waals surface area contributed by atoms with Crippen molar-refractivity contribution in [3.63, 3.8) is 0 Å². The zero-order valence-corrected chi connectivity index (χ0v) is 15.5. The normalized spacial score (nSPS) is 11.1. The van der Waals surface area contributed by atoms with E-state index >= 15 is 0 Å². The Hall–Kier alpha value is -1.57. The van der Waals surface area contributed by atoms with Gasteiger partial charge in [0, 0.05) is 19.6 Å². The average Bonchev–Trinajstić information content (AvgIpc) is 2.81. The molecule has 1 aromatic carbocycles. The maximum absolute atomic E-state index is 4.57. The molecule has 0 unspecified atom stereocenters. The summed E-state index contributed by atoms with van der Waals surface area (Å²) in [7, 11) is 0. The fourth-order valence-corrected chi connectivity index (χ4v) is 2.25. The number of nitrogens with one attached hydrogen (secondary N) is 2. The Bertz CT molecular complexity index is 632. The van der Waals surface area contributed by atoms with Gasteiger partial charge >= 0.3 is 0 Å². The first kappa shape index (κ1) is 18.5. The number of hydrogen-bond donors (Lipinski definition) is 2. The largest absolute Gasteiger partial charge is 0.357 e. The van der Waals surface area contributed by atoms with Crippen LogP contribution < -0.4 is 10.6 Å². The predicted molar refractivity (Wildman–Crippen MR) is 104 cm³/mol. The van der Waals surface area contributed by atoms with E-state index in [0.717, 1.165) is 35.9 Å². The molecule has 0 bridgehead atoms. The van der Waals surface area contributed by atoms with E-state index < -0.39 is 0 Å². The van der Waals surface area contributed by atoms with Crippen molar-refractivity contribution >= 4 is 41.0 Å². The van der Waals surface area contributed by atoms with Crippen molar-refractivity contribution in [2.75, 3.05) is 19.6 Å². The third-order valence-corrected chi connectivity index (χ3v) is 3.20. The maximum atomic E-state index is 4.57. The summed E-state index contributed by atoms with van der Waals surface area (Å²) in [6, 6.07) is 8.19. The molecule has 0 aliphatic rings. The molecule has 0 fully saturated rings. The number of benzene rings is 1. The molecule has 1 heterocycles. The van der Waals surface area contributed by atoms with Crippen LogP contribution in [0.25, 0.3) is 11.0 Å². The van der Waals surface area contributed by atoms with Crippen LogP contribution in [0.3, 0.4) is 0 Å². The molecule has 2 N–H and O–H groups in total. The van der Waals surface area contributed by atoms with Gasteiger partial charge in [-0.05, 0) is 26.0 Å². The molecule has 120 valence electrons. The van der Waals surface area contributed by atoms with E-state index in [-0.39, 0.29) is 24.0 Å². The van der Waals surface area contributed by atoms with E-state index in [2.05, 4.69) is 44.7 Å². The van der Waals surface area contributed by atoms with Gasteiger partial charge in [0.1, 0.15) is 5.82 Å². The molecule has 0 amide bonds. The topological polar surface area (TPSA) is 54.2 Å². The number of aromatic nitrogens is 2. The van der Waals surface area contributed by atoms with Gasteiger partial charge in [-0.1, -0.05) is 18.2 Å². The fraction of sp³-hybridized carbons (Fsp3) is 0.375. The number of guanidine groups is 1. The highest BCUT2D eigenvalue weighted by Gasteiger charge is 2.05. The zero-order chi connectivity index (χ0) is 15.1. The summed E-state index contributed by atoms with van der Waals surface area (Å²) >= 11 is 0. The van der Waals surface area contributed by atoms with Crippen molar-refractivity contribution < 1.29 is 0 Å². The third-order valence-electron chi connectivity index (χ3n) is 3.20. The number of imidazole rings is 1. The Morgan fingerprint density at radius 2 is 2.14 bits per heavy atom. The quantitative estimate of drug-likeness (QED) is 0.332. The van der Waals surface area contributed by atoms with Gasteiger partial charge in [0.25, 0.3) is 0 Å². The Morgan fingerprint density at radius 3 is 2.86 bits per heavy atom. The van der Waals surface area contributed by atoms with Gasteiger partial charge in [0.05, 0.1) is 17.6 Å². The van der Waals surface area contributed by atoms with Crippen molar-refractivity contribution in [2.24, 2.45) is 4.99 Å². The van der Waals surface area contributed by atoms with Crippen LogP contribution in [0.4, 0.5) is 0 Å². The van der Waals surface area contributed by atoms with E-state index in [1.54, 1.807) is 0 Å². The molecule has 0 radical (unpaired) electrons. The summed E-state index contributed by atoms with van der Waals surface area (Å²) in [6.07, 6.45) is 1.82. The number of fused-ring (bicyclic) bond motifs is 1.